The molecule has 6 aliphatic heterocycles. The lowest BCUT2D eigenvalue weighted by atomic mass is 9.62. The molecule has 3 aliphatic carbocycles. The second-order valence-electron chi connectivity index (χ2n) is 24.2. The zero-order chi connectivity index (χ0) is 61.8. The molecule has 1 aromatic rings. The van der Waals surface area contributed by atoms with E-state index in [0.29, 0.717) is 64.2 Å². The highest BCUT2D eigenvalue weighted by Gasteiger charge is 2.66. The van der Waals surface area contributed by atoms with E-state index in [1.54, 1.807) is 27.7 Å². The second-order valence-corrected chi connectivity index (χ2v) is 24.2. The van der Waals surface area contributed by atoms with Crippen LogP contribution in [0.25, 0.3) is 0 Å². The van der Waals surface area contributed by atoms with Crippen molar-refractivity contribution in [3.8, 4) is 5.75 Å². The molecule has 6 heterocycles. The van der Waals surface area contributed by atoms with Gasteiger partial charge in [0, 0.05) is 56.1 Å². The first-order valence-corrected chi connectivity index (χ1v) is 30.1. The van der Waals surface area contributed by atoms with E-state index in [0.717, 1.165) is 13.0 Å². The summed E-state index contributed by atoms with van der Waals surface area (Å²) in [5.41, 5.74) is -4.59. The molecule has 0 radical (unpaired) electrons. The number of phenolic OH excluding ortho intramolecular Hbond substituents is 1. The summed E-state index contributed by atoms with van der Waals surface area (Å²) in [5.74, 6) is -11.6. The van der Waals surface area contributed by atoms with Crippen LogP contribution in [0.1, 0.15) is 169 Å². The van der Waals surface area contributed by atoms with Crippen molar-refractivity contribution < 1.29 is 120 Å². The Morgan fingerprint density at radius 1 is 0.605 bits per heavy atom. The Balaban J connectivity index is 0.785. The van der Waals surface area contributed by atoms with Gasteiger partial charge in [-0.05, 0) is 112 Å². The lowest BCUT2D eigenvalue weighted by molar-refractivity contribution is -0.316. The highest BCUT2D eigenvalue weighted by atomic mass is 16.8. The summed E-state index contributed by atoms with van der Waals surface area (Å²) < 4.78 is 86.8. The maximum atomic E-state index is 15.6. The summed E-state index contributed by atoms with van der Waals surface area (Å²) >= 11 is 0. The van der Waals surface area contributed by atoms with Crippen molar-refractivity contribution in [3.63, 3.8) is 0 Å². The fourth-order valence-electron chi connectivity index (χ4n) is 13.3. The molecule has 0 aromatic heterocycles. The highest BCUT2D eigenvalue weighted by Crippen LogP contribution is 2.52. The van der Waals surface area contributed by atoms with Crippen LogP contribution in [0.3, 0.4) is 0 Å². The lowest BCUT2D eigenvalue weighted by Crippen LogP contribution is -2.65. The van der Waals surface area contributed by atoms with Gasteiger partial charge in [0.05, 0.1) is 85.4 Å². The van der Waals surface area contributed by atoms with Gasteiger partial charge < -0.3 is 86.7 Å². The van der Waals surface area contributed by atoms with E-state index in [9.17, 15) is 44.1 Å². The van der Waals surface area contributed by atoms with Crippen molar-refractivity contribution in [1.29, 1.82) is 0 Å². The van der Waals surface area contributed by atoms with Crippen LogP contribution in [0.4, 0.5) is 0 Å². The number of esters is 1. The Morgan fingerprint density at radius 2 is 1.05 bits per heavy atom. The predicted molar refractivity (Wildman–Crippen MR) is 291 cm³/mol. The van der Waals surface area contributed by atoms with Gasteiger partial charge in [0.2, 0.25) is 11.6 Å². The monoisotopic (exact) mass is 1210 g/mol. The van der Waals surface area contributed by atoms with Crippen LogP contribution in [0.15, 0.2) is 29.2 Å². The number of carboxylic acid groups (broad SMARTS) is 1. The van der Waals surface area contributed by atoms with Gasteiger partial charge in [-0.2, -0.15) is 0 Å². The number of aromatic hydroxyl groups is 1. The molecule has 22 atom stereocenters. The molecule has 4 N–H and O–H groups in total. The molecule has 10 rings (SSSR count). The molecule has 0 spiro atoms. The second kappa shape index (κ2) is 26.1. The summed E-state index contributed by atoms with van der Waals surface area (Å²) in [7, 11) is 1.21. The van der Waals surface area contributed by atoms with Gasteiger partial charge in [-0.25, -0.2) is 0 Å². The molecular weight excluding hydrogens is 1130 g/mol. The summed E-state index contributed by atoms with van der Waals surface area (Å²) in [6.07, 6.45) is -6.97. The van der Waals surface area contributed by atoms with Crippen LogP contribution < -0.4 is 0 Å². The number of hydrogen-bond donors (Lipinski definition) is 4. The molecule has 0 unspecified atom stereocenters. The number of aliphatic hydroxyl groups is 2. The minimum atomic E-state index is -2.65. The molecule has 0 saturated carbocycles. The first-order valence-electron chi connectivity index (χ1n) is 30.1. The number of fused-ring (bicyclic) bond motifs is 3. The Morgan fingerprint density at radius 3 is 1.50 bits per heavy atom. The summed E-state index contributed by atoms with van der Waals surface area (Å²) in [4.78, 5) is 94.7. The number of carboxylic acids is 1. The molecule has 86 heavy (non-hydrogen) atoms. The normalized spacial score (nSPS) is 39.8. The van der Waals surface area contributed by atoms with Crippen molar-refractivity contribution in [2.24, 2.45) is 11.8 Å². The maximum Gasteiger partial charge on any atom is 0.320 e. The molecule has 0 amide bonds. The number of Topliss-reactive ketones (excluding diaryl/α,β-unsaturated/α-hetero) is 4. The largest absolute Gasteiger partial charge is 0.508 e. The minimum Gasteiger partial charge on any atom is -0.508 e. The molecule has 25 heteroatoms. The van der Waals surface area contributed by atoms with Crippen LogP contribution in [0, 0.1) is 11.8 Å². The summed E-state index contributed by atoms with van der Waals surface area (Å²) in [6, 6.07) is 1.28. The van der Waals surface area contributed by atoms with E-state index in [1.807, 2.05) is 13.8 Å². The van der Waals surface area contributed by atoms with Crippen molar-refractivity contribution in [2.75, 3.05) is 7.11 Å². The number of hydrogen-bond acceptors (Lipinski definition) is 24. The van der Waals surface area contributed by atoms with Gasteiger partial charge in [0.25, 0.3) is 0 Å². The van der Waals surface area contributed by atoms with Crippen molar-refractivity contribution >= 4 is 40.9 Å². The fraction of sp³-hybridized carbons (Fsp3) is 0.721. The third kappa shape index (κ3) is 12.7. The van der Waals surface area contributed by atoms with Crippen molar-refractivity contribution in [3.05, 3.63) is 51.5 Å². The van der Waals surface area contributed by atoms with Gasteiger partial charge in [-0.15, -0.1) is 0 Å². The number of aliphatic carboxylic acids is 1. The molecule has 25 nitrogen and oxygen atoms in total. The smallest absolute Gasteiger partial charge is 0.320 e. The van der Waals surface area contributed by atoms with Crippen LogP contribution in [-0.2, 0) is 91.9 Å². The van der Waals surface area contributed by atoms with Gasteiger partial charge in [0.1, 0.15) is 29.3 Å². The number of ketones is 5. The first kappa shape index (κ1) is 63.9. The third-order valence-electron chi connectivity index (χ3n) is 18.3. The number of methoxy groups -OCH3 is 1. The number of carbonyl (C=O) groups is 7. The van der Waals surface area contributed by atoms with Gasteiger partial charge in [0.15, 0.2) is 72.4 Å². The van der Waals surface area contributed by atoms with Gasteiger partial charge >= 0.3 is 11.9 Å². The molecule has 0 bridgehead atoms. The van der Waals surface area contributed by atoms with Gasteiger partial charge in [-0.3, -0.25) is 33.6 Å². The average molecular weight is 1210 g/mol. The molecule has 9 aliphatic rings. The number of carbonyl (C=O) groups excluding carboxylic acids is 6. The third-order valence-corrected chi connectivity index (χ3v) is 18.3. The number of aliphatic hydroxyl groups excluding tert-OH is 2. The van der Waals surface area contributed by atoms with Crippen molar-refractivity contribution in [2.45, 2.75) is 262 Å². The maximum absolute atomic E-state index is 15.6. The molecule has 6 fully saturated rings. The lowest BCUT2D eigenvalue weighted by Gasteiger charge is -2.51. The van der Waals surface area contributed by atoms with E-state index in [2.05, 4.69) is 0 Å². The number of phenols is 1. The molecule has 6 saturated heterocycles. The fourth-order valence-corrected chi connectivity index (χ4v) is 13.3. The van der Waals surface area contributed by atoms with E-state index < -0.39 is 185 Å². The quantitative estimate of drug-likeness (QED) is 0.0854. The zero-order valence-corrected chi connectivity index (χ0v) is 49.8. The van der Waals surface area contributed by atoms with Crippen LogP contribution in [-0.4, -0.2) is 191 Å². The van der Waals surface area contributed by atoms with E-state index >= 15 is 4.79 Å². The minimum absolute atomic E-state index is 0.0319. The number of ether oxygens (including phenoxy) is 14. The van der Waals surface area contributed by atoms with Crippen LogP contribution in [0.5, 0.6) is 5.75 Å². The highest BCUT2D eigenvalue weighted by molar-refractivity contribution is 6.28. The molecular formula is C61H80O25. The van der Waals surface area contributed by atoms with Gasteiger partial charge in [-0.1, -0.05) is 0 Å². The van der Waals surface area contributed by atoms with E-state index in [4.69, 9.17) is 71.4 Å². The Hall–Kier alpha value is -5.13. The van der Waals surface area contributed by atoms with Crippen LogP contribution >= 0.6 is 0 Å². The molecule has 1 aromatic carbocycles. The number of allylic oxidation sites excluding steroid dienone is 2. The average Bonchev–Trinajstić information content (AvgIpc) is 0.699. The standard InChI is InChI=1S/C61H80O25/c1-25(59(70)71)60(72)84-42-14-19-47(77-32(42)8)82-39-12-17-45(75-29(39)5)81-38-11-18-46(76-28(38)4)83-40-13-20-48(78-30(40)6)85-56-35-23-33-22-34-52(37(64)24-43(73-9)53(34)65)54(66)51(33)58(69)61(35,57(68)50(26(2)62)55(56)67)86-49-21-15-41(31(7)79-49)80-44-16-10-36(63)27(3)74-44/h22,24-25,27-32,35-36,38-42,44-49,56,63,66,68H,10-21,23H2,1-9H3,(H,70,71)/t25-,27+,28-,29-,30+,31+,32-,35+,36-,38-,39-,40-,41-,42-,44-,45-,46-,47-,48-,49-,56+,61-/m0/s1. The summed E-state index contributed by atoms with van der Waals surface area (Å²) in [6.45, 7) is 13.1. The van der Waals surface area contributed by atoms with Crippen LogP contribution in [0.2, 0.25) is 0 Å². The Labute approximate surface area is 497 Å². The number of benzene rings is 1. The predicted octanol–water partition coefficient (Wildman–Crippen LogP) is 5.47. The summed E-state index contributed by atoms with van der Waals surface area (Å²) in [5, 5.41) is 43.8. The van der Waals surface area contributed by atoms with Crippen molar-refractivity contribution in [1.82, 2.24) is 0 Å². The Bertz CT molecular complexity index is 2850. The Kier molecular flexibility index (Phi) is 19.4. The number of rotatable bonds is 17. The van der Waals surface area contributed by atoms with E-state index in [-0.39, 0.29) is 54.5 Å². The SMILES string of the molecule is COC1=CC(=O)c2c(cc3c(c2O)C(=O)[C@@]2(O[C@H]4CC[C@H](O[C@H]5CC[C@H](O)[C@@H](C)O5)[C@@H](C)O4)C(O)=C(C(C)=O)C(=O)[C@H](O[C@H]4CC[C@H](O[C@H]5CC[C@H](O[C@H]6CC[C@H](O[C@H]7CC[C@H](OC(=O)[C@@H](C)C(=O)O)[C@H](C)O7)[C@H](C)O6)[C@H](C)O5)[C@@H](C)O4)[C@H]2C3)C1=O. The zero-order valence-electron chi connectivity index (χ0n) is 49.8. The molecule has 474 valence electrons. The van der Waals surface area contributed by atoms with E-state index in [1.165, 1.54) is 20.1 Å². The topological polar surface area (TPSA) is 330 Å². The first-order chi connectivity index (χ1) is 40.9.